The van der Waals surface area contributed by atoms with E-state index in [1.807, 2.05) is 6.92 Å². The molecule has 3 heterocycles. The molecule has 24 nitrogen and oxygen atoms in total. The molecule has 1 saturated carbocycles. The number of nitrogens with zero attached hydrogens (tertiary/aromatic N) is 2. The molecule has 24 heteroatoms. The molecule has 5 aliphatic rings. The van der Waals surface area contributed by atoms with Crippen LogP contribution in [0, 0.1) is 22.7 Å². The smallest absolute Gasteiger partial charge is 0.331 e. The van der Waals surface area contributed by atoms with E-state index in [0.717, 1.165) is 30.9 Å². The van der Waals surface area contributed by atoms with Crippen molar-refractivity contribution in [3.8, 4) is 0 Å². The summed E-state index contributed by atoms with van der Waals surface area (Å²) in [5.74, 6) is -7.43. The summed E-state index contributed by atoms with van der Waals surface area (Å²) in [5.41, 5.74) is 11.8. The first-order valence-electron chi connectivity index (χ1n) is 29.8. The van der Waals surface area contributed by atoms with Crippen LogP contribution in [0.4, 0.5) is 0 Å². The summed E-state index contributed by atoms with van der Waals surface area (Å²) in [6, 6.07) is 2.70. The molecule has 470 valence electrons. The van der Waals surface area contributed by atoms with Crippen molar-refractivity contribution in [2.75, 3.05) is 33.4 Å². The summed E-state index contributed by atoms with van der Waals surface area (Å²) < 4.78 is 29.1. The van der Waals surface area contributed by atoms with Gasteiger partial charge in [0.1, 0.15) is 41.9 Å². The molecule has 3 fully saturated rings. The molecule has 0 aromatic heterocycles. The van der Waals surface area contributed by atoms with Crippen molar-refractivity contribution in [1.29, 1.82) is 0 Å². The van der Waals surface area contributed by atoms with E-state index in [9.17, 15) is 47.9 Å². The Morgan fingerprint density at radius 1 is 0.802 bits per heavy atom. The van der Waals surface area contributed by atoms with Gasteiger partial charge in [0, 0.05) is 67.5 Å². The number of esters is 3. The van der Waals surface area contributed by atoms with Crippen molar-refractivity contribution in [3.63, 3.8) is 0 Å². The van der Waals surface area contributed by atoms with E-state index < -0.39 is 101 Å². The number of hydrogen-bond donors (Lipinski definition) is 7. The van der Waals surface area contributed by atoms with E-state index in [4.69, 9.17) is 35.2 Å². The number of rotatable bonds is 32. The number of nitrogens with two attached hydrogens (primary N) is 2. The largest absolute Gasteiger partial charge is 0.467 e. The monoisotopic (exact) mass is 1200 g/mol. The van der Waals surface area contributed by atoms with Crippen LogP contribution in [0.2, 0.25) is 0 Å². The average molecular weight is 1200 g/mol. The van der Waals surface area contributed by atoms with Gasteiger partial charge in [-0.25, -0.2) is 14.4 Å². The average Bonchev–Trinajstić information content (AvgIpc) is 1.48. The molecular formula is C62H87N9O15. The molecule has 1 aromatic carbocycles. The number of ether oxygens (including phenoxy) is 5. The second kappa shape index (κ2) is 30.6. The van der Waals surface area contributed by atoms with Crippen molar-refractivity contribution in [2.45, 2.75) is 180 Å². The normalized spacial score (nSPS) is 25.1. The van der Waals surface area contributed by atoms with Crippen LogP contribution in [0.15, 0.2) is 83.4 Å². The maximum absolute atomic E-state index is 14.4. The molecule has 6 rings (SSSR count). The van der Waals surface area contributed by atoms with Crippen LogP contribution in [0.3, 0.4) is 0 Å². The maximum Gasteiger partial charge on any atom is 0.331 e. The predicted octanol–water partition coefficient (Wildman–Crippen LogP) is 2.72. The lowest BCUT2D eigenvalue weighted by molar-refractivity contribution is -0.209. The van der Waals surface area contributed by atoms with Crippen molar-refractivity contribution in [3.05, 3.63) is 84.0 Å². The zero-order valence-corrected chi connectivity index (χ0v) is 50.7. The number of amides is 7. The van der Waals surface area contributed by atoms with Gasteiger partial charge in [0.05, 0.1) is 32.5 Å². The molecule has 2 saturated heterocycles. The number of fused-ring (bicyclic) bond motifs is 2. The summed E-state index contributed by atoms with van der Waals surface area (Å²) in [7, 11) is 1.14. The number of unbranched alkanes of at least 4 members (excludes halogenated alkanes) is 2. The highest BCUT2D eigenvalue weighted by atomic mass is 16.6. The van der Waals surface area contributed by atoms with Crippen molar-refractivity contribution < 1.29 is 71.6 Å². The molecule has 2 bridgehead atoms. The van der Waals surface area contributed by atoms with Crippen LogP contribution < -0.4 is 38.1 Å². The number of carbonyl (C=O) groups excluding carboxylic acids is 10. The summed E-state index contributed by atoms with van der Waals surface area (Å²) in [6.45, 7) is 13.8. The highest BCUT2D eigenvalue weighted by Gasteiger charge is 2.81. The Balaban J connectivity index is 1.01. The van der Waals surface area contributed by atoms with Gasteiger partial charge < -0.3 is 61.7 Å². The lowest BCUT2D eigenvalue weighted by Crippen LogP contribution is -2.63. The van der Waals surface area contributed by atoms with E-state index in [-0.39, 0.29) is 93.1 Å². The number of nitrogens with one attached hydrogen (secondary N) is 5. The Bertz CT molecular complexity index is 2790. The fraction of sp³-hybridized carbons (Fsp3) is 0.597. The third kappa shape index (κ3) is 16.8. The van der Waals surface area contributed by atoms with Gasteiger partial charge in [0.25, 0.3) is 11.8 Å². The van der Waals surface area contributed by atoms with E-state index in [1.165, 1.54) is 42.9 Å². The van der Waals surface area contributed by atoms with E-state index in [2.05, 4.69) is 58.4 Å². The van der Waals surface area contributed by atoms with E-state index >= 15 is 0 Å². The zero-order valence-electron chi connectivity index (χ0n) is 50.7. The Morgan fingerprint density at radius 3 is 2.12 bits per heavy atom. The van der Waals surface area contributed by atoms with Gasteiger partial charge in [0.15, 0.2) is 5.96 Å². The van der Waals surface area contributed by atoms with Crippen LogP contribution in [-0.2, 0) is 78.1 Å². The highest BCUT2D eigenvalue weighted by Crippen LogP contribution is 2.71. The molecule has 3 aliphatic heterocycles. The first kappa shape index (κ1) is 67.4. The second-order valence-corrected chi connectivity index (χ2v) is 23.6. The van der Waals surface area contributed by atoms with Crippen LogP contribution in [0.25, 0.3) is 0 Å². The number of benzene rings is 1. The molecule has 7 amide bonds. The van der Waals surface area contributed by atoms with Crippen LogP contribution in [0.1, 0.15) is 125 Å². The van der Waals surface area contributed by atoms with Gasteiger partial charge in [-0.3, -0.25) is 43.5 Å². The number of imide groups is 1. The van der Waals surface area contributed by atoms with Gasteiger partial charge in [-0.1, -0.05) is 102 Å². The minimum absolute atomic E-state index is 0.0102. The van der Waals surface area contributed by atoms with Gasteiger partial charge in [0.2, 0.25) is 29.5 Å². The molecule has 9 N–H and O–H groups in total. The van der Waals surface area contributed by atoms with Crippen LogP contribution >= 0.6 is 0 Å². The summed E-state index contributed by atoms with van der Waals surface area (Å²) in [5, 5.41) is 13.6. The molecule has 0 radical (unpaired) electrons. The number of guanidine groups is 1. The van der Waals surface area contributed by atoms with E-state index in [1.54, 1.807) is 44.2 Å². The Kier molecular flexibility index (Phi) is 24.0. The lowest BCUT2D eigenvalue weighted by Gasteiger charge is -2.57. The number of carbonyl (C=O) groups is 10. The summed E-state index contributed by atoms with van der Waals surface area (Å²) >= 11 is 0. The molecular weight excluding hydrogens is 1110 g/mol. The second-order valence-electron chi connectivity index (χ2n) is 23.6. The Hall–Kier alpha value is -7.73. The predicted molar refractivity (Wildman–Crippen MR) is 315 cm³/mol. The van der Waals surface area contributed by atoms with E-state index in [0.29, 0.717) is 44.3 Å². The fourth-order valence-electron chi connectivity index (χ4n) is 11.9. The summed E-state index contributed by atoms with van der Waals surface area (Å²) in [4.78, 5) is 137. The third-order valence-electron chi connectivity index (χ3n) is 17.7. The fourth-order valence-corrected chi connectivity index (χ4v) is 11.9. The molecule has 2 aliphatic carbocycles. The van der Waals surface area contributed by atoms with Gasteiger partial charge in [-0.2, -0.15) is 0 Å². The first-order valence-corrected chi connectivity index (χ1v) is 29.8. The standard InChI is InChI=1S/C62H87N9O15/c1-9-38(3)52(69-47(72)22-14-11-17-31-71-48(73)25-26-49(71)74)57(80)68-43(34-41-19-12-10-13-20-41)56(79)67-42(21-18-30-65-59(63)64)55(78)66-40(5)54(77)70-53(58(81)82-8)39(4)28-32-83-50(75)23-15-16-24-51(76)86-45-35-46-62(36-84-62)61(45,7)60(6)29-27-37(2)33-44(60)85-46/h10,12-13,15-16,19-20,23-26,33,38-40,42-46,52-53H,9,11,14,17-18,21-22,27-32,34-36H2,1-8H3,(H,66,78)(H,67,79)(H,68,80)(H,69,72)(H,70,77)(H4,63,64,65)/b23-15+,24-16-/t38-,39+,40-,42-,43-,44?,45+,46+,52-,53+,60-,61+,62-/m0/s1. The van der Waals surface area contributed by atoms with Crippen molar-refractivity contribution in [1.82, 2.24) is 31.5 Å². The SMILES string of the molecule is CC[C@H](C)[C@H](NC(=O)CCCCCN1C(=O)C=CC1=O)C(=O)N[C@@H](Cc1ccccc1)C(=O)N[C@@H](CCCN=C(N)N)C(=O)N[C@@H](C)C(=O)N[C@@H](C(=O)OC)[C@H](C)CCOC(=O)/C=C/C=C\C(=O)O[C@@H]1C[C@H]2OC3C=C(C)CC[C@]3(C)[C@]1(C)[C@]21CO1. The molecule has 1 aromatic rings. The number of allylic oxidation sites excluding steroid dienone is 3. The first-order chi connectivity index (χ1) is 40.9. The molecule has 1 spiro atoms. The Morgan fingerprint density at radius 2 is 1.47 bits per heavy atom. The number of epoxide rings is 1. The van der Waals surface area contributed by atoms with Crippen molar-refractivity contribution >= 4 is 65.2 Å². The van der Waals surface area contributed by atoms with Crippen LogP contribution in [-0.4, -0.2) is 158 Å². The highest BCUT2D eigenvalue weighted by molar-refractivity contribution is 6.12. The maximum atomic E-state index is 14.4. The quantitative estimate of drug-likeness (QED) is 0.00521. The zero-order chi connectivity index (χ0) is 62.9. The van der Waals surface area contributed by atoms with Gasteiger partial charge >= 0.3 is 17.9 Å². The van der Waals surface area contributed by atoms with Gasteiger partial charge in [-0.15, -0.1) is 0 Å². The molecule has 86 heavy (non-hydrogen) atoms. The number of aliphatic imine (C=N–C) groups is 1. The minimum Gasteiger partial charge on any atom is -0.467 e. The summed E-state index contributed by atoms with van der Waals surface area (Å²) in [6.07, 6.45) is 13.6. The van der Waals surface area contributed by atoms with Crippen molar-refractivity contribution in [2.24, 2.45) is 39.1 Å². The lowest BCUT2D eigenvalue weighted by atomic mass is 9.52. The number of hydrogen-bond acceptors (Lipinski definition) is 16. The van der Waals surface area contributed by atoms with Crippen LogP contribution in [0.5, 0.6) is 0 Å². The van der Waals surface area contributed by atoms with Gasteiger partial charge in [-0.05, 0) is 76.2 Å². The topological polar surface area (TPSA) is 348 Å². The number of methoxy groups -OCH3 is 1. The Labute approximate surface area is 502 Å². The minimum atomic E-state index is -1.30. The molecule has 13 atom stereocenters. The third-order valence-corrected chi connectivity index (χ3v) is 17.7. The molecule has 1 unspecified atom stereocenters.